The van der Waals surface area contributed by atoms with Crippen LogP contribution in [-0.4, -0.2) is 51.1 Å². The number of hydrogen-bond acceptors (Lipinski definition) is 4. The number of hydrogen-bond donors (Lipinski definition) is 1. The van der Waals surface area contributed by atoms with Crippen molar-refractivity contribution >= 4 is 17.7 Å². The maximum atomic E-state index is 12.2. The van der Waals surface area contributed by atoms with E-state index in [1.54, 1.807) is 16.7 Å². The summed E-state index contributed by atoms with van der Waals surface area (Å²) in [5.74, 6) is 2.53. The van der Waals surface area contributed by atoms with Gasteiger partial charge in [0, 0.05) is 24.8 Å². The molecule has 0 aromatic carbocycles. The van der Waals surface area contributed by atoms with Crippen molar-refractivity contribution in [3.05, 3.63) is 11.6 Å². The van der Waals surface area contributed by atoms with Crippen LogP contribution in [0.5, 0.6) is 0 Å². The molecular formula is C12H20N4OS. The van der Waals surface area contributed by atoms with E-state index in [-0.39, 0.29) is 11.9 Å². The zero-order valence-corrected chi connectivity index (χ0v) is 12.0. The summed E-state index contributed by atoms with van der Waals surface area (Å²) < 4.78 is 0. The molecule has 2 rings (SSSR count). The number of nitrogens with zero attached hydrogens (tertiary/aromatic N) is 3. The Hall–Kier alpha value is -1.04. The summed E-state index contributed by atoms with van der Waals surface area (Å²) in [7, 11) is 1.83. The van der Waals surface area contributed by atoms with Gasteiger partial charge in [-0.15, -0.1) is 5.10 Å². The maximum absolute atomic E-state index is 12.2. The van der Waals surface area contributed by atoms with Crippen LogP contribution >= 0.6 is 11.8 Å². The minimum atomic E-state index is -0.0842. The van der Waals surface area contributed by atoms with Gasteiger partial charge in [-0.25, -0.2) is 4.98 Å². The summed E-state index contributed by atoms with van der Waals surface area (Å²) in [5, 5.41) is 6.92. The summed E-state index contributed by atoms with van der Waals surface area (Å²) >= 11 is 1.75. The van der Waals surface area contributed by atoms with Gasteiger partial charge in [0.1, 0.15) is 5.82 Å². The monoisotopic (exact) mass is 268 g/mol. The Kier molecular flexibility index (Phi) is 4.27. The van der Waals surface area contributed by atoms with Crippen molar-refractivity contribution in [1.82, 2.24) is 20.1 Å². The Morgan fingerprint density at radius 3 is 2.89 bits per heavy atom. The maximum Gasteiger partial charge on any atom is 0.293 e. The molecule has 1 unspecified atom stereocenters. The van der Waals surface area contributed by atoms with Crippen LogP contribution in [0.25, 0.3) is 0 Å². The molecule has 0 spiro atoms. The van der Waals surface area contributed by atoms with E-state index in [1.807, 2.05) is 7.05 Å². The highest BCUT2D eigenvalue weighted by Gasteiger charge is 2.29. The van der Waals surface area contributed by atoms with Crippen molar-refractivity contribution in [2.45, 2.75) is 38.1 Å². The number of thioether (sulfide) groups is 1. The lowest BCUT2D eigenvalue weighted by atomic mass is 10.2. The lowest BCUT2D eigenvalue weighted by Crippen LogP contribution is -2.38. The second-order valence-electron chi connectivity index (χ2n) is 4.75. The molecule has 1 aliphatic rings. The first kappa shape index (κ1) is 13.4. The van der Waals surface area contributed by atoms with Crippen LogP contribution in [0.15, 0.2) is 0 Å². The van der Waals surface area contributed by atoms with Crippen LogP contribution in [0, 0.1) is 0 Å². The largest absolute Gasteiger partial charge is 0.335 e. The Morgan fingerprint density at radius 2 is 2.33 bits per heavy atom. The van der Waals surface area contributed by atoms with Crippen molar-refractivity contribution < 1.29 is 4.79 Å². The van der Waals surface area contributed by atoms with Gasteiger partial charge in [0.25, 0.3) is 5.91 Å². The summed E-state index contributed by atoms with van der Waals surface area (Å²) in [4.78, 5) is 18.3. The number of aromatic amines is 1. The first-order valence-corrected chi connectivity index (χ1v) is 7.75. The SMILES string of the molecule is CCC(CSC)N(C)C(=O)c1n[nH]c(C2CC2)n1. The molecule has 1 atom stereocenters. The van der Waals surface area contributed by atoms with E-state index >= 15 is 0 Å². The van der Waals surface area contributed by atoms with Crippen molar-refractivity contribution in [3.8, 4) is 0 Å². The van der Waals surface area contributed by atoms with Crippen molar-refractivity contribution in [2.75, 3.05) is 19.1 Å². The lowest BCUT2D eigenvalue weighted by molar-refractivity contribution is 0.0731. The number of H-pyrrole nitrogens is 1. The molecule has 1 aliphatic carbocycles. The molecule has 0 bridgehead atoms. The third-order valence-electron chi connectivity index (χ3n) is 3.36. The van der Waals surface area contributed by atoms with E-state index in [1.165, 1.54) is 0 Å². The van der Waals surface area contributed by atoms with Crippen molar-refractivity contribution in [1.29, 1.82) is 0 Å². The first-order chi connectivity index (χ1) is 8.67. The molecule has 1 saturated carbocycles. The average molecular weight is 268 g/mol. The van der Waals surface area contributed by atoms with Gasteiger partial charge in [0.15, 0.2) is 0 Å². The van der Waals surface area contributed by atoms with Gasteiger partial charge in [-0.2, -0.15) is 11.8 Å². The topological polar surface area (TPSA) is 61.9 Å². The first-order valence-electron chi connectivity index (χ1n) is 6.35. The van der Waals surface area contributed by atoms with Crippen LogP contribution in [0.2, 0.25) is 0 Å². The highest BCUT2D eigenvalue weighted by atomic mass is 32.2. The molecule has 18 heavy (non-hydrogen) atoms. The van der Waals surface area contributed by atoms with Gasteiger partial charge < -0.3 is 4.90 Å². The van der Waals surface area contributed by atoms with Gasteiger partial charge in [0.05, 0.1) is 0 Å². The smallest absolute Gasteiger partial charge is 0.293 e. The van der Waals surface area contributed by atoms with Crippen LogP contribution in [0.3, 0.4) is 0 Å². The van der Waals surface area contributed by atoms with E-state index < -0.39 is 0 Å². The lowest BCUT2D eigenvalue weighted by Gasteiger charge is -2.25. The van der Waals surface area contributed by atoms with Crippen LogP contribution in [0.1, 0.15) is 48.5 Å². The molecular weight excluding hydrogens is 248 g/mol. The summed E-state index contributed by atoms with van der Waals surface area (Å²) in [6.07, 6.45) is 5.31. The summed E-state index contributed by atoms with van der Waals surface area (Å²) in [6, 6.07) is 0.246. The fraction of sp³-hybridized carbons (Fsp3) is 0.750. The normalized spacial score (nSPS) is 16.6. The predicted molar refractivity (Wildman–Crippen MR) is 72.9 cm³/mol. The van der Waals surface area contributed by atoms with Crippen LogP contribution < -0.4 is 0 Å². The van der Waals surface area contributed by atoms with Crippen molar-refractivity contribution in [3.63, 3.8) is 0 Å². The zero-order chi connectivity index (χ0) is 13.1. The quantitative estimate of drug-likeness (QED) is 0.856. The zero-order valence-electron chi connectivity index (χ0n) is 11.1. The molecule has 0 saturated heterocycles. The van der Waals surface area contributed by atoms with E-state index in [2.05, 4.69) is 28.4 Å². The number of amides is 1. The Balaban J connectivity index is 2.03. The summed E-state index contributed by atoms with van der Waals surface area (Å²) in [6.45, 7) is 2.10. The van der Waals surface area contributed by atoms with Crippen LogP contribution in [-0.2, 0) is 0 Å². The fourth-order valence-electron chi connectivity index (χ4n) is 1.93. The van der Waals surface area contributed by atoms with Gasteiger partial charge in [0.2, 0.25) is 5.82 Å². The molecule has 1 aromatic rings. The second kappa shape index (κ2) is 5.73. The molecule has 6 heteroatoms. The third-order valence-corrected chi connectivity index (χ3v) is 4.07. The number of aromatic nitrogens is 3. The number of carbonyl (C=O) groups excluding carboxylic acids is 1. The van der Waals surface area contributed by atoms with Gasteiger partial charge in [-0.05, 0) is 25.5 Å². The average Bonchev–Trinajstić information content (AvgIpc) is 3.12. The second-order valence-corrected chi connectivity index (χ2v) is 5.66. The van der Waals surface area contributed by atoms with E-state index in [4.69, 9.17) is 0 Å². The molecule has 100 valence electrons. The predicted octanol–water partition coefficient (Wildman–Crippen LogP) is 1.90. The molecule has 1 fully saturated rings. The standard InChI is InChI=1S/C12H20N4OS/c1-4-9(7-18-3)16(2)12(17)11-13-10(14-15-11)8-5-6-8/h8-9H,4-7H2,1-3H3,(H,13,14,15). The molecule has 1 heterocycles. The van der Waals surface area contributed by atoms with Gasteiger partial charge >= 0.3 is 0 Å². The highest BCUT2D eigenvalue weighted by Crippen LogP contribution is 2.37. The van der Waals surface area contributed by atoms with Gasteiger partial charge in [-0.1, -0.05) is 6.92 Å². The Morgan fingerprint density at radius 1 is 1.61 bits per heavy atom. The summed E-state index contributed by atoms with van der Waals surface area (Å²) in [5.41, 5.74) is 0. The third kappa shape index (κ3) is 2.85. The van der Waals surface area contributed by atoms with Gasteiger partial charge in [-0.3, -0.25) is 9.89 Å². The molecule has 1 aromatic heterocycles. The fourth-order valence-corrected chi connectivity index (χ4v) is 2.77. The Labute approximate surface area is 112 Å². The minimum Gasteiger partial charge on any atom is -0.335 e. The number of nitrogens with one attached hydrogen (secondary N) is 1. The molecule has 5 nitrogen and oxygen atoms in total. The number of carbonyl (C=O) groups is 1. The van der Waals surface area contributed by atoms with E-state index in [0.29, 0.717) is 11.7 Å². The van der Waals surface area contributed by atoms with Crippen molar-refractivity contribution in [2.24, 2.45) is 0 Å². The molecule has 0 aliphatic heterocycles. The Bertz CT molecular complexity index is 416. The number of rotatable bonds is 6. The van der Waals surface area contributed by atoms with E-state index in [9.17, 15) is 4.79 Å². The highest BCUT2D eigenvalue weighted by molar-refractivity contribution is 7.98. The van der Waals surface area contributed by atoms with E-state index in [0.717, 1.165) is 30.8 Å². The molecule has 1 amide bonds. The molecule has 1 N–H and O–H groups in total. The minimum absolute atomic E-state index is 0.0842. The van der Waals surface area contributed by atoms with Crippen LogP contribution in [0.4, 0.5) is 0 Å². The molecule has 0 radical (unpaired) electrons.